The number of rotatable bonds is 6. The van der Waals surface area contributed by atoms with Crippen LogP contribution in [0, 0.1) is 13.8 Å². The number of nitrogens with zero attached hydrogens (tertiary/aromatic N) is 4. The van der Waals surface area contributed by atoms with Gasteiger partial charge in [-0.25, -0.2) is 0 Å². The molecule has 2 aromatic rings. The quantitative estimate of drug-likeness (QED) is 0.623. The first-order chi connectivity index (χ1) is 11.9. The van der Waals surface area contributed by atoms with Crippen LogP contribution in [0.4, 0.5) is 0 Å². The summed E-state index contributed by atoms with van der Waals surface area (Å²) in [5, 5.41) is 11.1. The molecule has 1 unspecified atom stereocenters. The predicted octanol–water partition coefficient (Wildman–Crippen LogP) is 2.00. The molecule has 1 heterocycles. The Hall–Kier alpha value is -2.34. The molecular formula is C19H30N6. The van der Waals surface area contributed by atoms with E-state index in [1.165, 1.54) is 22.3 Å². The van der Waals surface area contributed by atoms with E-state index in [1.54, 1.807) is 7.05 Å². The molecule has 0 aliphatic heterocycles. The summed E-state index contributed by atoms with van der Waals surface area (Å²) in [6.07, 6.45) is 3.97. The number of likely N-dealkylation sites (N-methyl/N-ethyl adjacent to an activating group) is 1. The van der Waals surface area contributed by atoms with Gasteiger partial charge in [0.05, 0.1) is 12.2 Å². The van der Waals surface area contributed by atoms with Crippen molar-refractivity contribution in [3.8, 4) is 0 Å². The van der Waals surface area contributed by atoms with E-state index in [0.717, 1.165) is 19.0 Å². The molecule has 0 spiro atoms. The number of benzene rings is 1. The molecule has 0 aliphatic rings. The van der Waals surface area contributed by atoms with Crippen LogP contribution >= 0.6 is 0 Å². The summed E-state index contributed by atoms with van der Waals surface area (Å²) < 4.78 is 1.83. The second kappa shape index (κ2) is 8.67. The van der Waals surface area contributed by atoms with Crippen molar-refractivity contribution in [1.29, 1.82) is 0 Å². The Morgan fingerprint density at radius 3 is 2.60 bits per heavy atom. The van der Waals surface area contributed by atoms with Crippen molar-refractivity contribution in [3.63, 3.8) is 0 Å². The Morgan fingerprint density at radius 2 is 2.04 bits per heavy atom. The van der Waals surface area contributed by atoms with Gasteiger partial charge in [-0.2, -0.15) is 5.10 Å². The Balaban J connectivity index is 1.94. The van der Waals surface area contributed by atoms with Crippen LogP contribution in [0.25, 0.3) is 0 Å². The first-order valence-electron chi connectivity index (χ1n) is 8.56. The molecule has 6 heteroatoms. The van der Waals surface area contributed by atoms with Crippen molar-refractivity contribution >= 4 is 5.96 Å². The highest BCUT2D eigenvalue weighted by molar-refractivity contribution is 5.79. The van der Waals surface area contributed by atoms with Gasteiger partial charge in [0.15, 0.2) is 5.96 Å². The Kier molecular flexibility index (Phi) is 6.58. The molecule has 2 rings (SSSR count). The predicted molar refractivity (Wildman–Crippen MR) is 104 cm³/mol. The third-order valence-corrected chi connectivity index (χ3v) is 4.36. The average molecular weight is 342 g/mol. The van der Waals surface area contributed by atoms with Crippen molar-refractivity contribution in [2.24, 2.45) is 12.0 Å². The number of hydrogen-bond donors (Lipinski definition) is 2. The molecule has 1 aromatic heterocycles. The van der Waals surface area contributed by atoms with Crippen LogP contribution in [-0.2, 0) is 13.6 Å². The van der Waals surface area contributed by atoms with Crippen molar-refractivity contribution in [2.45, 2.75) is 26.4 Å². The normalized spacial score (nSPS) is 13.2. The van der Waals surface area contributed by atoms with Crippen LogP contribution in [0.1, 0.15) is 28.3 Å². The third-order valence-electron chi connectivity index (χ3n) is 4.36. The summed E-state index contributed by atoms with van der Waals surface area (Å²) in [6, 6.07) is 6.75. The van der Waals surface area contributed by atoms with Gasteiger partial charge in [0.1, 0.15) is 0 Å². The van der Waals surface area contributed by atoms with Gasteiger partial charge in [0.25, 0.3) is 0 Å². The van der Waals surface area contributed by atoms with Crippen molar-refractivity contribution < 1.29 is 0 Å². The van der Waals surface area contributed by atoms with Gasteiger partial charge >= 0.3 is 0 Å². The highest BCUT2D eigenvalue weighted by Crippen LogP contribution is 2.16. The van der Waals surface area contributed by atoms with Crippen LogP contribution in [0.5, 0.6) is 0 Å². The summed E-state index contributed by atoms with van der Waals surface area (Å²) >= 11 is 0. The van der Waals surface area contributed by atoms with E-state index in [1.807, 2.05) is 17.9 Å². The van der Waals surface area contributed by atoms with Crippen LogP contribution in [0.3, 0.4) is 0 Å². The molecule has 0 aliphatic carbocycles. The standard InChI is InChI=1S/C19H30N6/c1-14-7-8-16(15(2)9-14)10-21-19(20-3)22-12-18(24(4)5)17-11-23-25(6)13-17/h7-9,11,13,18H,10,12H2,1-6H3,(H2,20,21,22). The van der Waals surface area contributed by atoms with E-state index in [9.17, 15) is 0 Å². The molecule has 136 valence electrons. The number of aromatic nitrogens is 2. The molecule has 0 saturated carbocycles. The van der Waals surface area contributed by atoms with Crippen LogP contribution < -0.4 is 10.6 Å². The maximum Gasteiger partial charge on any atom is 0.191 e. The molecule has 0 amide bonds. The largest absolute Gasteiger partial charge is 0.354 e. The molecule has 0 fully saturated rings. The summed E-state index contributed by atoms with van der Waals surface area (Å²) in [5.41, 5.74) is 5.05. The number of aryl methyl sites for hydroxylation is 3. The van der Waals surface area contributed by atoms with E-state index in [0.29, 0.717) is 0 Å². The van der Waals surface area contributed by atoms with Gasteiger partial charge in [-0.3, -0.25) is 9.67 Å². The van der Waals surface area contributed by atoms with Gasteiger partial charge in [0.2, 0.25) is 0 Å². The van der Waals surface area contributed by atoms with E-state index < -0.39 is 0 Å². The molecule has 2 N–H and O–H groups in total. The van der Waals surface area contributed by atoms with E-state index >= 15 is 0 Å². The minimum atomic E-state index is 0.230. The Morgan fingerprint density at radius 1 is 1.28 bits per heavy atom. The van der Waals surface area contributed by atoms with Crippen molar-refractivity contribution in [3.05, 3.63) is 52.8 Å². The van der Waals surface area contributed by atoms with Crippen molar-refractivity contribution in [1.82, 2.24) is 25.3 Å². The monoisotopic (exact) mass is 342 g/mol. The lowest BCUT2D eigenvalue weighted by atomic mass is 10.1. The number of hydrogen-bond acceptors (Lipinski definition) is 3. The molecular weight excluding hydrogens is 312 g/mol. The van der Waals surface area contributed by atoms with Crippen LogP contribution in [-0.4, -0.2) is 48.3 Å². The lowest BCUT2D eigenvalue weighted by Crippen LogP contribution is -2.41. The number of nitrogens with one attached hydrogen (secondary N) is 2. The van der Waals surface area contributed by atoms with Crippen LogP contribution in [0.15, 0.2) is 35.6 Å². The van der Waals surface area contributed by atoms with Gasteiger partial charge in [-0.15, -0.1) is 0 Å². The molecule has 0 bridgehead atoms. The summed E-state index contributed by atoms with van der Waals surface area (Å²) in [5.74, 6) is 0.802. The molecule has 25 heavy (non-hydrogen) atoms. The average Bonchev–Trinajstić information content (AvgIpc) is 2.98. The third kappa shape index (κ3) is 5.32. The first-order valence-corrected chi connectivity index (χ1v) is 8.56. The van der Waals surface area contributed by atoms with E-state index in [4.69, 9.17) is 0 Å². The van der Waals surface area contributed by atoms with E-state index in [-0.39, 0.29) is 6.04 Å². The fourth-order valence-electron chi connectivity index (χ4n) is 2.85. The van der Waals surface area contributed by atoms with Crippen LogP contribution in [0.2, 0.25) is 0 Å². The fourth-order valence-corrected chi connectivity index (χ4v) is 2.85. The zero-order valence-corrected chi connectivity index (χ0v) is 16.2. The lowest BCUT2D eigenvalue weighted by molar-refractivity contribution is 0.298. The molecule has 0 radical (unpaired) electrons. The first kappa shape index (κ1) is 19.0. The molecule has 1 atom stereocenters. The second-order valence-electron chi connectivity index (χ2n) is 6.66. The summed E-state index contributed by atoms with van der Waals surface area (Å²) in [6.45, 7) is 5.77. The topological polar surface area (TPSA) is 57.5 Å². The van der Waals surface area contributed by atoms with Gasteiger partial charge in [0, 0.05) is 38.9 Å². The smallest absolute Gasteiger partial charge is 0.191 e. The zero-order chi connectivity index (χ0) is 18.4. The molecule has 0 saturated heterocycles. The molecule has 6 nitrogen and oxygen atoms in total. The fraction of sp³-hybridized carbons (Fsp3) is 0.474. The summed E-state index contributed by atoms with van der Waals surface area (Å²) in [4.78, 5) is 6.52. The molecule has 1 aromatic carbocycles. The summed E-state index contributed by atoms with van der Waals surface area (Å²) in [7, 11) is 7.89. The minimum Gasteiger partial charge on any atom is -0.354 e. The maximum absolute atomic E-state index is 4.34. The number of guanidine groups is 1. The van der Waals surface area contributed by atoms with Gasteiger partial charge in [-0.05, 0) is 39.1 Å². The Bertz CT molecular complexity index is 716. The maximum atomic E-state index is 4.34. The SMILES string of the molecule is CN=C(NCc1ccc(C)cc1C)NCC(c1cnn(C)c1)N(C)C. The highest BCUT2D eigenvalue weighted by atomic mass is 15.3. The minimum absolute atomic E-state index is 0.230. The van der Waals surface area contributed by atoms with Gasteiger partial charge in [-0.1, -0.05) is 23.8 Å². The number of aliphatic imine (C=N–C) groups is 1. The van der Waals surface area contributed by atoms with E-state index in [2.05, 4.69) is 78.0 Å². The second-order valence-corrected chi connectivity index (χ2v) is 6.66. The highest BCUT2D eigenvalue weighted by Gasteiger charge is 2.16. The lowest BCUT2D eigenvalue weighted by Gasteiger charge is -2.24. The zero-order valence-electron chi connectivity index (χ0n) is 16.2. The Labute approximate surface area is 151 Å². The van der Waals surface area contributed by atoms with Gasteiger partial charge < -0.3 is 15.5 Å². The van der Waals surface area contributed by atoms with Crippen molar-refractivity contribution in [2.75, 3.05) is 27.7 Å².